The molecule has 1 aromatic heterocycles. The van der Waals surface area contributed by atoms with Crippen molar-refractivity contribution in [2.75, 3.05) is 39.6 Å². The number of ether oxygens (including phenoxy) is 1. The first kappa shape index (κ1) is 16.9. The van der Waals surface area contributed by atoms with Crippen molar-refractivity contribution in [1.82, 2.24) is 14.7 Å². The first-order valence-corrected chi connectivity index (χ1v) is 6.68. The Labute approximate surface area is 119 Å². The molecule has 116 valence electrons. The fourth-order valence-corrected chi connectivity index (χ4v) is 2.19. The molecular formula is C13H26N4O3. The molecule has 1 rings (SSSR count). The predicted molar refractivity (Wildman–Crippen MR) is 77.5 cm³/mol. The molecule has 2 atom stereocenters. The zero-order valence-electron chi connectivity index (χ0n) is 12.7. The summed E-state index contributed by atoms with van der Waals surface area (Å²) in [5.74, 6) is 0. The zero-order valence-corrected chi connectivity index (χ0v) is 12.7. The van der Waals surface area contributed by atoms with Crippen LogP contribution in [0, 0.1) is 13.8 Å². The number of anilines is 1. The number of methoxy groups -OCH3 is 1. The van der Waals surface area contributed by atoms with Crippen LogP contribution >= 0.6 is 0 Å². The van der Waals surface area contributed by atoms with Gasteiger partial charge in [0.25, 0.3) is 0 Å². The predicted octanol–water partition coefficient (Wildman–Crippen LogP) is -0.618. The molecule has 1 aromatic rings. The highest BCUT2D eigenvalue weighted by atomic mass is 16.5. The Bertz CT molecular complexity index is 422. The second-order valence-electron chi connectivity index (χ2n) is 5.25. The van der Waals surface area contributed by atoms with E-state index in [1.807, 2.05) is 25.8 Å². The average Bonchev–Trinajstić information content (AvgIpc) is 2.56. The molecule has 0 spiro atoms. The number of nitrogen functional groups attached to an aromatic ring is 1. The summed E-state index contributed by atoms with van der Waals surface area (Å²) in [6.07, 6.45) is -1.13. The summed E-state index contributed by atoms with van der Waals surface area (Å²) in [6, 6.07) is 0. The quantitative estimate of drug-likeness (QED) is 0.589. The van der Waals surface area contributed by atoms with Gasteiger partial charge in [-0.05, 0) is 20.9 Å². The van der Waals surface area contributed by atoms with Gasteiger partial charge in [-0.15, -0.1) is 0 Å². The largest absolute Gasteiger partial charge is 0.396 e. The Morgan fingerprint density at radius 1 is 1.30 bits per heavy atom. The zero-order chi connectivity index (χ0) is 15.3. The standard InChI is InChI=1S/C13H26N4O3/c1-9-13(14)10(2)17(15-9)7-11(18)5-16(3)6-12(19)8-20-4/h11-12,18-19H,5-8,14H2,1-4H3. The molecule has 0 fully saturated rings. The third kappa shape index (κ3) is 4.75. The number of hydrogen-bond donors (Lipinski definition) is 3. The lowest BCUT2D eigenvalue weighted by Crippen LogP contribution is -2.38. The van der Waals surface area contributed by atoms with Crippen LogP contribution in [0.15, 0.2) is 0 Å². The molecule has 0 saturated carbocycles. The number of aryl methyl sites for hydroxylation is 1. The summed E-state index contributed by atoms with van der Waals surface area (Å²) in [5.41, 5.74) is 8.17. The summed E-state index contributed by atoms with van der Waals surface area (Å²) in [4.78, 5) is 1.86. The van der Waals surface area contributed by atoms with E-state index in [1.54, 1.807) is 11.8 Å². The van der Waals surface area contributed by atoms with Crippen LogP contribution in [0.1, 0.15) is 11.4 Å². The van der Waals surface area contributed by atoms with Crippen molar-refractivity contribution in [3.05, 3.63) is 11.4 Å². The van der Waals surface area contributed by atoms with Crippen molar-refractivity contribution < 1.29 is 14.9 Å². The van der Waals surface area contributed by atoms with E-state index in [1.165, 1.54) is 0 Å². The molecule has 20 heavy (non-hydrogen) atoms. The normalized spacial score (nSPS) is 14.8. The van der Waals surface area contributed by atoms with Gasteiger partial charge in [-0.1, -0.05) is 0 Å². The van der Waals surface area contributed by atoms with Gasteiger partial charge in [0, 0.05) is 20.2 Å². The van der Waals surface area contributed by atoms with Crippen LogP contribution < -0.4 is 5.73 Å². The molecule has 7 nitrogen and oxygen atoms in total. The minimum absolute atomic E-state index is 0.286. The fraction of sp³-hybridized carbons (Fsp3) is 0.769. The summed E-state index contributed by atoms with van der Waals surface area (Å²) >= 11 is 0. The van der Waals surface area contributed by atoms with E-state index < -0.39 is 12.2 Å². The highest BCUT2D eigenvalue weighted by Gasteiger charge is 2.15. The second kappa shape index (κ2) is 7.58. The van der Waals surface area contributed by atoms with Gasteiger partial charge in [0.05, 0.1) is 42.4 Å². The maximum Gasteiger partial charge on any atom is 0.0899 e. The number of hydrogen-bond acceptors (Lipinski definition) is 6. The van der Waals surface area contributed by atoms with Gasteiger partial charge in [0.15, 0.2) is 0 Å². The van der Waals surface area contributed by atoms with Crippen molar-refractivity contribution >= 4 is 5.69 Å². The summed E-state index contributed by atoms with van der Waals surface area (Å²) in [5, 5.41) is 24.0. The molecule has 7 heteroatoms. The molecule has 0 aliphatic heterocycles. The Kier molecular flexibility index (Phi) is 6.41. The van der Waals surface area contributed by atoms with Crippen LogP contribution in [0.5, 0.6) is 0 Å². The fourth-order valence-electron chi connectivity index (χ4n) is 2.19. The van der Waals surface area contributed by atoms with E-state index in [2.05, 4.69) is 5.10 Å². The van der Waals surface area contributed by atoms with Crippen molar-refractivity contribution in [3.63, 3.8) is 0 Å². The number of nitrogens with zero attached hydrogens (tertiary/aromatic N) is 3. The molecule has 0 amide bonds. The lowest BCUT2D eigenvalue weighted by Gasteiger charge is -2.23. The molecular weight excluding hydrogens is 260 g/mol. The lowest BCUT2D eigenvalue weighted by molar-refractivity contribution is 0.0293. The Balaban J connectivity index is 2.46. The molecule has 0 aromatic carbocycles. The Morgan fingerprint density at radius 2 is 1.90 bits per heavy atom. The van der Waals surface area contributed by atoms with Gasteiger partial charge < -0.3 is 25.6 Å². The molecule has 4 N–H and O–H groups in total. The van der Waals surface area contributed by atoms with Gasteiger partial charge in [0.2, 0.25) is 0 Å². The van der Waals surface area contributed by atoms with Gasteiger partial charge in [-0.3, -0.25) is 4.68 Å². The van der Waals surface area contributed by atoms with E-state index in [-0.39, 0.29) is 6.61 Å². The van der Waals surface area contributed by atoms with Gasteiger partial charge in [0.1, 0.15) is 0 Å². The summed E-state index contributed by atoms with van der Waals surface area (Å²) in [6.45, 7) is 5.29. The van der Waals surface area contributed by atoms with Crippen molar-refractivity contribution in [1.29, 1.82) is 0 Å². The number of aromatic nitrogens is 2. The van der Waals surface area contributed by atoms with E-state index in [4.69, 9.17) is 10.5 Å². The number of rotatable bonds is 8. The Hall–Kier alpha value is -1.15. The highest BCUT2D eigenvalue weighted by molar-refractivity contribution is 5.46. The lowest BCUT2D eigenvalue weighted by atomic mass is 10.3. The number of aliphatic hydroxyl groups is 2. The molecule has 1 heterocycles. The van der Waals surface area contributed by atoms with E-state index in [0.29, 0.717) is 25.3 Å². The molecule has 0 aliphatic rings. The Morgan fingerprint density at radius 3 is 2.40 bits per heavy atom. The van der Waals surface area contributed by atoms with Crippen molar-refractivity contribution in [3.8, 4) is 0 Å². The highest BCUT2D eigenvalue weighted by Crippen LogP contribution is 2.15. The summed E-state index contributed by atoms with van der Waals surface area (Å²) in [7, 11) is 3.39. The van der Waals surface area contributed by atoms with Gasteiger partial charge in [-0.25, -0.2) is 0 Å². The van der Waals surface area contributed by atoms with Gasteiger partial charge >= 0.3 is 0 Å². The smallest absolute Gasteiger partial charge is 0.0899 e. The third-order valence-corrected chi connectivity index (χ3v) is 3.23. The van der Waals surface area contributed by atoms with E-state index in [0.717, 1.165) is 11.4 Å². The molecule has 0 bridgehead atoms. The SMILES string of the molecule is COCC(O)CN(C)CC(O)Cn1nc(C)c(N)c1C. The summed E-state index contributed by atoms with van der Waals surface area (Å²) < 4.78 is 6.59. The minimum Gasteiger partial charge on any atom is -0.396 e. The minimum atomic E-state index is -0.577. The van der Waals surface area contributed by atoms with Crippen LogP contribution in [0.4, 0.5) is 5.69 Å². The molecule has 0 aliphatic carbocycles. The maximum absolute atomic E-state index is 10.1. The van der Waals surface area contributed by atoms with Crippen LogP contribution in [-0.4, -0.2) is 71.0 Å². The maximum atomic E-state index is 10.1. The molecule has 0 radical (unpaired) electrons. The van der Waals surface area contributed by atoms with E-state index in [9.17, 15) is 10.2 Å². The monoisotopic (exact) mass is 286 g/mol. The average molecular weight is 286 g/mol. The van der Waals surface area contributed by atoms with Crippen molar-refractivity contribution in [2.45, 2.75) is 32.6 Å². The number of nitrogens with two attached hydrogens (primary N) is 1. The number of aliphatic hydroxyl groups excluding tert-OH is 2. The number of likely N-dealkylation sites (N-methyl/N-ethyl adjacent to an activating group) is 1. The van der Waals surface area contributed by atoms with Gasteiger partial charge in [-0.2, -0.15) is 5.10 Å². The molecule has 2 unspecified atom stereocenters. The van der Waals surface area contributed by atoms with Crippen molar-refractivity contribution in [2.24, 2.45) is 0 Å². The topological polar surface area (TPSA) is 96.8 Å². The second-order valence-corrected chi connectivity index (χ2v) is 5.25. The van der Waals surface area contributed by atoms with Crippen LogP contribution in [0.25, 0.3) is 0 Å². The van der Waals surface area contributed by atoms with Crippen LogP contribution in [0.2, 0.25) is 0 Å². The van der Waals surface area contributed by atoms with E-state index >= 15 is 0 Å². The molecule has 0 saturated heterocycles. The van der Waals surface area contributed by atoms with Crippen LogP contribution in [0.3, 0.4) is 0 Å². The first-order chi connectivity index (χ1) is 9.35. The third-order valence-electron chi connectivity index (χ3n) is 3.23. The van der Waals surface area contributed by atoms with Crippen LogP contribution in [-0.2, 0) is 11.3 Å². The first-order valence-electron chi connectivity index (χ1n) is 6.68.